The fourth-order valence-electron chi connectivity index (χ4n) is 7.12. The van der Waals surface area contributed by atoms with Crippen LogP contribution in [0.15, 0.2) is 173 Å². The van der Waals surface area contributed by atoms with E-state index in [-0.39, 0.29) is 27.3 Å². The number of para-hydroxylation sites is 2. The molecule has 3 heterocycles. The summed E-state index contributed by atoms with van der Waals surface area (Å²) in [5, 5.41) is 2.52. The molecule has 51 heavy (non-hydrogen) atoms. The Bertz CT molecular complexity index is 3270. The lowest BCUT2D eigenvalue weighted by Crippen LogP contribution is -2.07. The van der Waals surface area contributed by atoms with Crippen molar-refractivity contribution in [3.8, 4) is 33.4 Å². The van der Waals surface area contributed by atoms with Crippen LogP contribution in [-0.2, 0) is 0 Å². The smallest absolute Gasteiger partial charge is 0.204 e. The minimum absolute atomic E-state index is 0.0531. The Kier molecular flexibility index (Phi) is 6.23. The van der Waals surface area contributed by atoms with E-state index < -0.39 is 0 Å². The van der Waals surface area contributed by atoms with Gasteiger partial charge in [-0.3, -0.25) is 14.4 Å². The van der Waals surface area contributed by atoms with Crippen LogP contribution < -0.4 is 16.3 Å². The van der Waals surface area contributed by atoms with Crippen LogP contribution in [0.3, 0.4) is 0 Å². The summed E-state index contributed by atoms with van der Waals surface area (Å²) >= 11 is 0. The third-order valence-corrected chi connectivity index (χ3v) is 9.68. The van der Waals surface area contributed by atoms with Gasteiger partial charge in [-0.05, 0) is 106 Å². The molecule has 0 fully saturated rings. The third-order valence-electron chi connectivity index (χ3n) is 9.68. The van der Waals surface area contributed by atoms with Crippen molar-refractivity contribution in [1.29, 1.82) is 0 Å². The predicted molar refractivity (Wildman–Crippen MR) is 203 cm³/mol. The monoisotopic (exact) mass is 660 g/mol. The van der Waals surface area contributed by atoms with Crippen LogP contribution in [0.1, 0.15) is 0 Å². The molecule has 0 N–H and O–H groups in total. The van der Waals surface area contributed by atoms with Crippen LogP contribution in [0.2, 0.25) is 0 Å². The van der Waals surface area contributed by atoms with Crippen LogP contribution in [0, 0.1) is 0 Å². The van der Waals surface area contributed by atoms with Gasteiger partial charge >= 0.3 is 0 Å². The van der Waals surface area contributed by atoms with Gasteiger partial charge in [-0.1, -0.05) is 72.8 Å². The van der Waals surface area contributed by atoms with Gasteiger partial charge in [0.25, 0.3) is 0 Å². The van der Waals surface area contributed by atoms with Crippen molar-refractivity contribution in [2.45, 2.75) is 0 Å². The van der Waals surface area contributed by atoms with Crippen LogP contribution in [-0.4, -0.2) is 0 Å². The zero-order chi connectivity index (χ0) is 34.2. The zero-order valence-electron chi connectivity index (χ0n) is 26.8. The first-order valence-electron chi connectivity index (χ1n) is 16.5. The molecule has 0 unspecified atom stereocenters. The molecule has 3 aromatic heterocycles. The van der Waals surface area contributed by atoms with E-state index in [2.05, 4.69) is 18.2 Å². The summed E-state index contributed by atoms with van der Waals surface area (Å²) in [6.45, 7) is 0. The molecule has 6 heteroatoms. The molecular formula is C45H24O6. The van der Waals surface area contributed by atoms with E-state index >= 15 is 0 Å². The van der Waals surface area contributed by atoms with Crippen molar-refractivity contribution in [3.05, 3.63) is 176 Å². The second-order valence-corrected chi connectivity index (χ2v) is 12.7. The Balaban J connectivity index is 1.05. The van der Waals surface area contributed by atoms with Crippen LogP contribution in [0.4, 0.5) is 0 Å². The number of fused-ring (bicyclic) bond motifs is 7. The molecule has 0 amide bonds. The number of hydrogen-bond acceptors (Lipinski definition) is 6. The largest absolute Gasteiger partial charge is 0.456 e. The number of benzene rings is 7. The summed E-state index contributed by atoms with van der Waals surface area (Å²) in [5.41, 5.74) is 7.74. The fraction of sp³-hybridized carbons (Fsp3) is 0. The van der Waals surface area contributed by atoms with Crippen LogP contribution in [0.5, 0.6) is 0 Å². The van der Waals surface area contributed by atoms with Gasteiger partial charge in [0.1, 0.15) is 33.3 Å². The van der Waals surface area contributed by atoms with Gasteiger partial charge in [-0.15, -0.1) is 0 Å². The molecule has 0 spiro atoms. The van der Waals surface area contributed by atoms with Gasteiger partial charge in [0.15, 0.2) is 5.58 Å². The van der Waals surface area contributed by atoms with Gasteiger partial charge in [0, 0.05) is 0 Å². The van der Waals surface area contributed by atoms with E-state index in [9.17, 15) is 14.4 Å². The molecule has 0 radical (unpaired) electrons. The van der Waals surface area contributed by atoms with E-state index in [1.54, 1.807) is 48.5 Å². The Morgan fingerprint density at radius 2 is 0.725 bits per heavy atom. The molecule has 0 saturated heterocycles. The maximum absolute atomic E-state index is 13.9. The summed E-state index contributed by atoms with van der Waals surface area (Å²) in [6.07, 6.45) is 0. The summed E-state index contributed by atoms with van der Waals surface area (Å²) in [4.78, 5) is 40.7. The minimum Gasteiger partial charge on any atom is -0.456 e. The first-order valence-corrected chi connectivity index (χ1v) is 16.5. The molecule has 0 atom stereocenters. The molecule has 10 aromatic rings. The Hall–Kier alpha value is -7.05. The lowest BCUT2D eigenvalue weighted by Gasteiger charge is -2.10. The normalized spacial score (nSPS) is 11.8. The van der Waals surface area contributed by atoms with Gasteiger partial charge < -0.3 is 13.3 Å². The lowest BCUT2D eigenvalue weighted by atomic mass is 9.95. The van der Waals surface area contributed by atoms with Crippen molar-refractivity contribution in [2.75, 3.05) is 0 Å². The maximum Gasteiger partial charge on any atom is 0.204 e. The molecule has 0 aliphatic rings. The van der Waals surface area contributed by atoms with E-state index in [1.165, 1.54) is 0 Å². The van der Waals surface area contributed by atoms with Gasteiger partial charge in [0.2, 0.25) is 16.3 Å². The molecule has 10 rings (SSSR count). The summed E-state index contributed by atoms with van der Waals surface area (Å²) in [6, 6.07) is 45.2. The van der Waals surface area contributed by atoms with Crippen molar-refractivity contribution < 1.29 is 13.3 Å². The van der Waals surface area contributed by atoms with Gasteiger partial charge in [0.05, 0.1) is 26.9 Å². The predicted octanol–water partition coefficient (Wildman–Crippen LogP) is 10.5. The van der Waals surface area contributed by atoms with E-state index in [1.807, 2.05) is 78.9 Å². The second-order valence-electron chi connectivity index (χ2n) is 12.7. The van der Waals surface area contributed by atoms with Crippen molar-refractivity contribution in [2.24, 2.45) is 0 Å². The third kappa shape index (κ3) is 4.54. The molecule has 0 aliphatic heterocycles. The lowest BCUT2D eigenvalue weighted by molar-refractivity contribution is 0.649. The first-order chi connectivity index (χ1) is 25.0. The van der Waals surface area contributed by atoms with Crippen molar-refractivity contribution >= 4 is 65.8 Å². The van der Waals surface area contributed by atoms with E-state index in [0.717, 1.165) is 33.4 Å². The van der Waals surface area contributed by atoms with Gasteiger partial charge in [-0.2, -0.15) is 0 Å². The van der Waals surface area contributed by atoms with Crippen molar-refractivity contribution in [1.82, 2.24) is 0 Å². The Morgan fingerprint density at radius 1 is 0.294 bits per heavy atom. The Morgan fingerprint density at radius 3 is 1.31 bits per heavy atom. The maximum atomic E-state index is 13.9. The highest BCUT2D eigenvalue weighted by Crippen LogP contribution is 2.33. The van der Waals surface area contributed by atoms with Crippen LogP contribution >= 0.6 is 0 Å². The molecule has 0 bridgehead atoms. The average molecular weight is 661 g/mol. The van der Waals surface area contributed by atoms with E-state index in [0.29, 0.717) is 54.8 Å². The summed E-state index contributed by atoms with van der Waals surface area (Å²) in [7, 11) is 0. The van der Waals surface area contributed by atoms with E-state index in [4.69, 9.17) is 13.3 Å². The standard InChI is InChI=1S/C45H24O6/c46-42-31-11-1-3-13-36(31)49-38-18-15-29(23-34(38)42)27-9-5-7-25(21-27)26-8-6-10-28(22-26)30-16-19-39-35(24-30)43(47)33-17-20-40-41(45(33)51-39)44(48)32-12-2-4-14-37(32)50-40/h1-24H. The highest BCUT2D eigenvalue weighted by Gasteiger charge is 2.17. The Labute approximate surface area is 288 Å². The second kappa shape index (κ2) is 11.0. The molecule has 0 aliphatic carbocycles. The molecule has 6 nitrogen and oxygen atoms in total. The quantitative estimate of drug-likeness (QED) is 0.138. The number of rotatable bonds is 3. The topological polar surface area (TPSA) is 90.6 Å². The molecule has 0 saturated carbocycles. The highest BCUT2D eigenvalue weighted by molar-refractivity contribution is 6.07. The summed E-state index contributed by atoms with van der Waals surface area (Å²) < 4.78 is 18.3. The molecular weight excluding hydrogens is 636 g/mol. The molecule has 240 valence electrons. The first kappa shape index (κ1) is 28.9. The van der Waals surface area contributed by atoms with Crippen molar-refractivity contribution in [3.63, 3.8) is 0 Å². The minimum atomic E-state index is -0.239. The summed E-state index contributed by atoms with van der Waals surface area (Å²) in [5.74, 6) is 0. The number of hydrogen-bond donors (Lipinski definition) is 0. The fourth-order valence-corrected chi connectivity index (χ4v) is 7.12. The average Bonchev–Trinajstić information content (AvgIpc) is 3.18. The van der Waals surface area contributed by atoms with Gasteiger partial charge in [-0.25, -0.2) is 0 Å². The highest BCUT2D eigenvalue weighted by atomic mass is 16.3. The molecule has 7 aromatic carbocycles. The zero-order valence-corrected chi connectivity index (χ0v) is 26.8. The SMILES string of the molecule is O=c1c2ccccc2oc2ccc(-c3cccc(-c4cccc(-c5ccc6oc7c(ccc8oc9ccccc9c(=O)c87)c(=O)c6c5)c4)c3)cc12. The van der Waals surface area contributed by atoms with Crippen LogP contribution in [0.25, 0.3) is 99.2 Å².